The van der Waals surface area contributed by atoms with Gasteiger partial charge in [0.2, 0.25) is 0 Å². The third-order valence-corrected chi connectivity index (χ3v) is 2.79. The predicted octanol–water partition coefficient (Wildman–Crippen LogP) is 3.65. The quantitative estimate of drug-likeness (QED) is 0.556. The SMILES string of the molecule is Cc1ccc2oc3c(Cl)nc(C)nc3c2c1. The zero-order valence-electron chi connectivity index (χ0n) is 8.91. The van der Waals surface area contributed by atoms with Crippen molar-refractivity contribution < 1.29 is 4.42 Å². The molecule has 0 radical (unpaired) electrons. The highest BCUT2D eigenvalue weighted by Gasteiger charge is 2.12. The van der Waals surface area contributed by atoms with Crippen LogP contribution in [0.2, 0.25) is 5.15 Å². The number of halogens is 1. The summed E-state index contributed by atoms with van der Waals surface area (Å²) in [6, 6.07) is 5.97. The Labute approximate surface area is 97.1 Å². The third-order valence-electron chi connectivity index (χ3n) is 2.54. The van der Waals surface area contributed by atoms with Gasteiger partial charge in [-0.1, -0.05) is 23.2 Å². The van der Waals surface area contributed by atoms with Crippen molar-refractivity contribution in [2.45, 2.75) is 13.8 Å². The minimum absolute atomic E-state index is 0.372. The van der Waals surface area contributed by atoms with Crippen molar-refractivity contribution in [1.29, 1.82) is 0 Å². The van der Waals surface area contributed by atoms with Crippen LogP contribution in [0.5, 0.6) is 0 Å². The maximum atomic E-state index is 6.03. The smallest absolute Gasteiger partial charge is 0.191 e. The summed E-state index contributed by atoms with van der Waals surface area (Å²) >= 11 is 6.03. The van der Waals surface area contributed by atoms with Gasteiger partial charge in [-0.15, -0.1) is 0 Å². The first-order chi connectivity index (χ1) is 7.65. The van der Waals surface area contributed by atoms with Crippen LogP contribution in [0.3, 0.4) is 0 Å². The van der Waals surface area contributed by atoms with Crippen LogP contribution in [0.15, 0.2) is 22.6 Å². The molecule has 1 aromatic carbocycles. The molecular weight excluding hydrogens is 224 g/mol. The fourth-order valence-electron chi connectivity index (χ4n) is 1.83. The van der Waals surface area contributed by atoms with Crippen LogP contribution in [0.25, 0.3) is 22.1 Å². The van der Waals surface area contributed by atoms with E-state index in [2.05, 4.69) is 9.97 Å². The van der Waals surface area contributed by atoms with E-state index in [-0.39, 0.29) is 0 Å². The molecule has 16 heavy (non-hydrogen) atoms. The molecule has 4 heteroatoms. The zero-order chi connectivity index (χ0) is 11.3. The topological polar surface area (TPSA) is 38.9 Å². The fourth-order valence-corrected chi connectivity index (χ4v) is 2.08. The number of nitrogens with zero attached hydrogens (tertiary/aromatic N) is 2. The Morgan fingerprint density at radius 3 is 2.81 bits per heavy atom. The molecule has 0 aliphatic rings. The van der Waals surface area contributed by atoms with Crippen molar-refractivity contribution in [3.63, 3.8) is 0 Å². The zero-order valence-corrected chi connectivity index (χ0v) is 9.67. The highest BCUT2D eigenvalue weighted by atomic mass is 35.5. The molecule has 0 N–H and O–H groups in total. The van der Waals surface area contributed by atoms with E-state index in [0.717, 1.165) is 16.5 Å². The summed E-state index contributed by atoms with van der Waals surface area (Å²) in [6.45, 7) is 3.86. The summed E-state index contributed by atoms with van der Waals surface area (Å²) in [6.07, 6.45) is 0. The van der Waals surface area contributed by atoms with Gasteiger partial charge >= 0.3 is 0 Å². The Balaban J connectivity index is 2.57. The largest absolute Gasteiger partial charge is 0.451 e. The Kier molecular flexibility index (Phi) is 1.91. The summed E-state index contributed by atoms with van der Waals surface area (Å²) in [5.41, 5.74) is 3.31. The molecule has 0 atom stereocenters. The lowest BCUT2D eigenvalue weighted by Crippen LogP contribution is -1.87. The molecule has 0 saturated heterocycles. The molecule has 0 spiro atoms. The lowest BCUT2D eigenvalue weighted by Gasteiger charge is -1.94. The summed E-state index contributed by atoms with van der Waals surface area (Å²) in [7, 11) is 0. The van der Waals surface area contributed by atoms with Crippen LogP contribution in [0.1, 0.15) is 11.4 Å². The van der Waals surface area contributed by atoms with E-state index in [1.807, 2.05) is 32.0 Å². The van der Waals surface area contributed by atoms with E-state index < -0.39 is 0 Å². The average Bonchev–Trinajstić information content (AvgIpc) is 2.57. The second kappa shape index (κ2) is 3.19. The molecule has 0 bridgehead atoms. The standard InChI is InChI=1S/C12H9ClN2O/c1-6-3-4-9-8(5-6)10-11(16-9)12(13)15-7(2)14-10/h3-5H,1-2H3. The van der Waals surface area contributed by atoms with Gasteiger partial charge in [-0.3, -0.25) is 0 Å². The van der Waals surface area contributed by atoms with Gasteiger partial charge < -0.3 is 4.42 Å². The van der Waals surface area contributed by atoms with Crippen molar-refractivity contribution in [3.8, 4) is 0 Å². The summed E-state index contributed by atoms with van der Waals surface area (Å²) < 4.78 is 5.64. The number of benzene rings is 1. The van der Waals surface area contributed by atoms with Crippen LogP contribution in [0.4, 0.5) is 0 Å². The first kappa shape index (κ1) is 9.60. The van der Waals surface area contributed by atoms with E-state index in [1.165, 1.54) is 5.56 Å². The van der Waals surface area contributed by atoms with Gasteiger partial charge in [-0.2, -0.15) is 0 Å². The Bertz CT molecular complexity index is 703. The third kappa shape index (κ3) is 1.28. The van der Waals surface area contributed by atoms with E-state index in [1.54, 1.807) is 0 Å². The lowest BCUT2D eigenvalue weighted by molar-refractivity contribution is 0.665. The Morgan fingerprint density at radius 2 is 2.00 bits per heavy atom. The molecule has 0 amide bonds. The maximum absolute atomic E-state index is 6.03. The number of aryl methyl sites for hydroxylation is 2. The van der Waals surface area contributed by atoms with Gasteiger partial charge in [0.1, 0.15) is 16.9 Å². The van der Waals surface area contributed by atoms with Crippen molar-refractivity contribution in [3.05, 3.63) is 34.7 Å². The first-order valence-corrected chi connectivity index (χ1v) is 5.36. The van der Waals surface area contributed by atoms with Gasteiger partial charge in [0, 0.05) is 5.39 Å². The van der Waals surface area contributed by atoms with Crippen LogP contribution < -0.4 is 0 Å². The highest BCUT2D eigenvalue weighted by Crippen LogP contribution is 2.31. The van der Waals surface area contributed by atoms with E-state index >= 15 is 0 Å². The molecule has 80 valence electrons. The van der Waals surface area contributed by atoms with E-state index in [0.29, 0.717) is 16.6 Å². The van der Waals surface area contributed by atoms with Gasteiger partial charge in [-0.25, -0.2) is 9.97 Å². The molecule has 0 aliphatic carbocycles. The number of aromatic nitrogens is 2. The van der Waals surface area contributed by atoms with Crippen molar-refractivity contribution in [2.75, 3.05) is 0 Å². The van der Waals surface area contributed by atoms with Crippen LogP contribution in [-0.2, 0) is 0 Å². The molecule has 2 heterocycles. The molecule has 0 aliphatic heterocycles. The molecule has 3 nitrogen and oxygen atoms in total. The van der Waals surface area contributed by atoms with Crippen LogP contribution in [-0.4, -0.2) is 9.97 Å². The molecule has 3 aromatic rings. The maximum Gasteiger partial charge on any atom is 0.191 e. The highest BCUT2D eigenvalue weighted by molar-refractivity contribution is 6.34. The van der Waals surface area contributed by atoms with Gasteiger partial charge in [0.05, 0.1) is 0 Å². The lowest BCUT2D eigenvalue weighted by atomic mass is 10.2. The molecular formula is C12H9ClN2O. The van der Waals surface area contributed by atoms with E-state index in [4.69, 9.17) is 16.0 Å². The van der Waals surface area contributed by atoms with Gasteiger partial charge in [0.15, 0.2) is 10.7 Å². The fraction of sp³-hybridized carbons (Fsp3) is 0.167. The number of hydrogen-bond acceptors (Lipinski definition) is 3. The minimum atomic E-state index is 0.372. The minimum Gasteiger partial charge on any atom is -0.451 e. The van der Waals surface area contributed by atoms with Crippen LogP contribution >= 0.6 is 11.6 Å². The average molecular weight is 233 g/mol. The molecule has 2 aromatic heterocycles. The van der Waals surface area contributed by atoms with Gasteiger partial charge in [-0.05, 0) is 26.0 Å². The molecule has 0 unspecified atom stereocenters. The molecule has 0 fully saturated rings. The Morgan fingerprint density at radius 1 is 1.19 bits per heavy atom. The second-order valence-electron chi connectivity index (χ2n) is 3.84. The molecule has 0 saturated carbocycles. The first-order valence-electron chi connectivity index (χ1n) is 4.98. The van der Waals surface area contributed by atoms with Crippen molar-refractivity contribution in [2.24, 2.45) is 0 Å². The summed E-state index contributed by atoms with van der Waals surface area (Å²) in [5.74, 6) is 0.654. The van der Waals surface area contributed by atoms with Crippen molar-refractivity contribution in [1.82, 2.24) is 9.97 Å². The monoisotopic (exact) mass is 232 g/mol. The number of rotatable bonds is 0. The number of fused-ring (bicyclic) bond motifs is 3. The Hall–Kier alpha value is -1.61. The second-order valence-corrected chi connectivity index (χ2v) is 4.20. The molecule has 3 rings (SSSR count). The number of hydrogen-bond donors (Lipinski definition) is 0. The number of furan rings is 1. The van der Waals surface area contributed by atoms with E-state index in [9.17, 15) is 0 Å². The normalized spacial score (nSPS) is 11.4. The summed E-state index contributed by atoms with van der Waals surface area (Å²) in [4.78, 5) is 8.46. The van der Waals surface area contributed by atoms with Gasteiger partial charge in [0.25, 0.3) is 0 Å². The summed E-state index contributed by atoms with van der Waals surface area (Å²) in [5, 5.41) is 1.36. The van der Waals surface area contributed by atoms with Crippen molar-refractivity contribution >= 4 is 33.7 Å². The van der Waals surface area contributed by atoms with Crippen LogP contribution in [0, 0.1) is 13.8 Å². The predicted molar refractivity (Wildman–Crippen MR) is 63.8 cm³/mol.